The van der Waals surface area contributed by atoms with Crippen LogP contribution < -0.4 is 0 Å². The van der Waals surface area contributed by atoms with Gasteiger partial charge in [-0.2, -0.15) is 0 Å². The number of rotatable bonds is 30. The maximum atomic E-state index is 6.08. The molecule has 0 aromatic carbocycles. The molecule has 0 saturated heterocycles. The summed E-state index contributed by atoms with van der Waals surface area (Å²) >= 11 is 0. The Morgan fingerprint density at radius 2 is 0.595 bits per heavy atom. The molecular weight excluding hydrogens is 460 g/mol. The molecule has 0 saturated carbocycles. The van der Waals surface area contributed by atoms with E-state index in [0.717, 1.165) is 26.4 Å². The van der Waals surface area contributed by atoms with Crippen LogP contribution in [0.25, 0.3) is 0 Å². The Morgan fingerprint density at radius 3 is 0.892 bits per heavy atom. The van der Waals surface area contributed by atoms with E-state index in [1.165, 1.54) is 122 Å². The summed E-state index contributed by atoms with van der Waals surface area (Å²) in [4.78, 5) is 0. The molecule has 4 heteroatoms. The van der Waals surface area contributed by atoms with Crippen LogP contribution in [0.2, 0.25) is 0 Å². The van der Waals surface area contributed by atoms with E-state index in [1.807, 2.05) is 0 Å². The summed E-state index contributed by atoms with van der Waals surface area (Å²) in [6.45, 7) is 15.8. The maximum Gasteiger partial charge on any atom is 0.160 e. The lowest BCUT2D eigenvalue weighted by atomic mass is 9.89. The van der Waals surface area contributed by atoms with Gasteiger partial charge in [-0.15, -0.1) is 0 Å². The molecule has 0 amide bonds. The molecule has 0 fully saturated rings. The van der Waals surface area contributed by atoms with Crippen molar-refractivity contribution in [1.82, 2.24) is 0 Å². The smallest absolute Gasteiger partial charge is 0.160 e. The Bertz CT molecular complexity index is 381. The molecule has 0 bridgehead atoms. The minimum Gasteiger partial charge on any atom is -0.353 e. The second-order valence-corrected chi connectivity index (χ2v) is 10.8. The molecule has 0 aliphatic rings. The van der Waals surface area contributed by atoms with Crippen molar-refractivity contribution < 1.29 is 18.9 Å². The first kappa shape index (κ1) is 36.8. The Morgan fingerprint density at radius 1 is 0.324 bits per heavy atom. The van der Waals surface area contributed by atoms with Gasteiger partial charge in [0.15, 0.2) is 12.6 Å². The van der Waals surface area contributed by atoms with Crippen LogP contribution in [0.15, 0.2) is 0 Å². The SMILES string of the molecule is CCCCCCCCCC(CCCC(CCCCCCCCC)C(OCC)OCC)C(OCC)OCC. The first-order valence-corrected chi connectivity index (χ1v) is 16.6. The second-order valence-electron chi connectivity index (χ2n) is 10.8. The van der Waals surface area contributed by atoms with Gasteiger partial charge in [0.1, 0.15) is 0 Å². The van der Waals surface area contributed by atoms with E-state index in [0.29, 0.717) is 11.8 Å². The van der Waals surface area contributed by atoms with Gasteiger partial charge in [-0.25, -0.2) is 0 Å². The molecule has 0 spiro atoms. The van der Waals surface area contributed by atoms with Gasteiger partial charge in [-0.05, 0) is 53.4 Å². The van der Waals surface area contributed by atoms with Crippen molar-refractivity contribution in [3.63, 3.8) is 0 Å². The van der Waals surface area contributed by atoms with Crippen molar-refractivity contribution in [1.29, 1.82) is 0 Å². The third kappa shape index (κ3) is 21.4. The van der Waals surface area contributed by atoms with Crippen molar-refractivity contribution in [2.75, 3.05) is 26.4 Å². The zero-order chi connectivity index (χ0) is 27.4. The molecule has 0 heterocycles. The van der Waals surface area contributed by atoms with Crippen LogP contribution in [-0.2, 0) is 18.9 Å². The first-order valence-electron chi connectivity index (χ1n) is 16.6. The predicted octanol–water partition coefficient (Wildman–Crippen LogP) is 10.5. The lowest BCUT2D eigenvalue weighted by Crippen LogP contribution is -2.29. The average Bonchev–Trinajstić information content (AvgIpc) is 2.89. The van der Waals surface area contributed by atoms with Crippen LogP contribution in [0.3, 0.4) is 0 Å². The van der Waals surface area contributed by atoms with Crippen molar-refractivity contribution in [2.45, 2.75) is 176 Å². The normalized spacial score (nSPS) is 13.6. The lowest BCUT2D eigenvalue weighted by Gasteiger charge is -2.29. The fourth-order valence-electron chi connectivity index (χ4n) is 5.50. The zero-order valence-corrected chi connectivity index (χ0v) is 26.2. The molecule has 37 heavy (non-hydrogen) atoms. The van der Waals surface area contributed by atoms with Gasteiger partial charge in [0.25, 0.3) is 0 Å². The number of unbranched alkanes of at least 4 members (excludes halogenated alkanes) is 12. The Balaban J connectivity index is 4.86. The number of ether oxygens (including phenoxy) is 4. The Labute approximate surface area is 233 Å². The minimum atomic E-state index is -0.0637. The highest BCUT2D eigenvalue weighted by Crippen LogP contribution is 2.29. The predicted molar refractivity (Wildman–Crippen MR) is 160 cm³/mol. The van der Waals surface area contributed by atoms with Gasteiger partial charge in [0, 0.05) is 38.3 Å². The molecule has 0 aromatic heterocycles. The topological polar surface area (TPSA) is 36.9 Å². The minimum absolute atomic E-state index is 0.0637. The Hall–Kier alpha value is -0.160. The molecule has 0 N–H and O–H groups in total. The summed E-state index contributed by atoms with van der Waals surface area (Å²) in [5.74, 6) is 0.958. The van der Waals surface area contributed by atoms with Crippen molar-refractivity contribution >= 4 is 0 Å². The Kier molecular flexibility index (Phi) is 28.7. The monoisotopic (exact) mass is 529 g/mol. The van der Waals surface area contributed by atoms with Crippen molar-refractivity contribution in [3.8, 4) is 0 Å². The van der Waals surface area contributed by atoms with Crippen LogP contribution in [0.1, 0.15) is 164 Å². The van der Waals surface area contributed by atoms with Crippen LogP contribution >= 0.6 is 0 Å². The zero-order valence-electron chi connectivity index (χ0n) is 26.2. The maximum absolute atomic E-state index is 6.08. The fraction of sp³-hybridized carbons (Fsp3) is 1.00. The van der Waals surface area contributed by atoms with Gasteiger partial charge in [0.05, 0.1) is 0 Å². The van der Waals surface area contributed by atoms with Crippen molar-refractivity contribution in [2.24, 2.45) is 11.8 Å². The highest BCUT2D eigenvalue weighted by atomic mass is 16.7. The number of hydrogen-bond donors (Lipinski definition) is 0. The summed E-state index contributed by atoms with van der Waals surface area (Å²) in [7, 11) is 0. The van der Waals surface area contributed by atoms with E-state index in [-0.39, 0.29) is 12.6 Å². The van der Waals surface area contributed by atoms with E-state index in [1.54, 1.807) is 0 Å². The van der Waals surface area contributed by atoms with Crippen molar-refractivity contribution in [3.05, 3.63) is 0 Å². The van der Waals surface area contributed by atoms with E-state index in [2.05, 4.69) is 41.5 Å². The summed E-state index contributed by atoms with van der Waals surface area (Å²) in [5.41, 5.74) is 0. The van der Waals surface area contributed by atoms with E-state index >= 15 is 0 Å². The van der Waals surface area contributed by atoms with Gasteiger partial charge in [0.2, 0.25) is 0 Å². The third-order valence-corrected chi connectivity index (χ3v) is 7.60. The largest absolute Gasteiger partial charge is 0.353 e. The van der Waals surface area contributed by atoms with E-state index < -0.39 is 0 Å². The number of hydrogen-bond acceptors (Lipinski definition) is 4. The summed E-state index contributed by atoms with van der Waals surface area (Å²) < 4.78 is 24.3. The van der Waals surface area contributed by atoms with Gasteiger partial charge in [-0.1, -0.05) is 110 Å². The lowest BCUT2D eigenvalue weighted by molar-refractivity contribution is -0.175. The van der Waals surface area contributed by atoms with Crippen LogP contribution in [-0.4, -0.2) is 39.0 Å². The molecular formula is C33H68O4. The molecule has 0 rings (SSSR count). The third-order valence-electron chi connectivity index (χ3n) is 7.60. The van der Waals surface area contributed by atoms with E-state index in [4.69, 9.17) is 18.9 Å². The summed E-state index contributed by atoms with van der Waals surface area (Å²) in [6.07, 6.45) is 24.7. The molecule has 0 radical (unpaired) electrons. The fourth-order valence-corrected chi connectivity index (χ4v) is 5.50. The summed E-state index contributed by atoms with van der Waals surface area (Å²) in [6, 6.07) is 0. The second kappa shape index (κ2) is 28.8. The summed E-state index contributed by atoms with van der Waals surface area (Å²) in [5, 5.41) is 0. The molecule has 2 unspecified atom stereocenters. The van der Waals surface area contributed by atoms with Crippen LogP contribution in [0.4, 0.5) is 0 Å². The van der Waals surface area contributed by atoms with Crippen LogP contribution in [0, 0.1) is 11.8 Å². The van der Waals surface area contributed by atoms with Gasteiger partial charge >= 0.3 is 0 Å². The molecule has 0 aromatic rings. The molecule has 4 nitrogen and oxygen atoms in total. The standard InChI is InChI=1S/C33H68O4/c1-7-13-15-17-19-21-23-26-30(32(34-9-3)35-10-4)28-25-29-31(33(36-11-5)37-12-6)27-24-22-20-18-16-14-8-2/h30-33H,7-29H2,1-6H3. The quantitative estimate of drug-likeness (QED) is 0.0686. The first-order chi connectivity index (χ1) is 18.2. The molecule has 224 valence electrons. The highest BCUT2D eigenvalue weighted by molar-refractivity contribution is 4.70. The van der Waals surface area contributed by atoms with Gasteiger partial charge in [-0.3, -0.25) is 0 Å². The van der Waals surface area contributed by atoms with Gasteiger partial charge < -0.3 is 18.9 Å². The highest BCUT2D eigenvalue weighted by Gasteiger charge is 2.25. The molecule has 2 atom stereocenters. The molecule has 0 aliphatic carbocycles. The molecule has 0 aliphatic heterocycles. The van der Waals surface area contributed by atoms with E-state index in [9.17, 15) is 0 Å². The average molecular weight is 529 g/mol. The van der Waals surface area contributed by atoms with Crippen LogP contribution in [0.5, 0.6) is 0 Å².